The lowest BCUT2D eigenvalue weighted by Crippen LogP contribution is -2.54. The standard InChI is InChI=1S/C28H37Cl2N3O5S/c1-4-26(28(35)31-22-9-7-6-8-10-22)32(18-20-11-12-21(29)17-25(20)30)27(34)19-33(39(3,36)37)23-13-15-24(16-14-23)38-5-2/h11-17,22,26H,4-10,18-19H2,1-3H3,(H,31,35)/t26-/m1/s1. The van der Waals surface area contributed by atoms with Crippen molar-refractivity contribution in [1.29, 1.82) is 0 Å². The van der Waals surface area contributed by atoms with Crippen molar-refractivity contribution < 1.29 is 22.7 Å². The average Bonchev–Trinajstić information content (AvgIpc) is 2.89. The molecule has 0 saturated heterocycles. The Hall–Kier alpha value is -2.49. The monoisotopic (exact) mass is 597 g/mol. The highest BCUT2D eigenvalue weighted by atomic mass is 35.5. The summed E-state index contributed by atoms with van der Waals surface area (Å²) < 4.78 is 32.1. The van der Waals surface area contributed by atoms with Gasteiger partial charge < -0.3 is 15.0 Å². The van der Waals surface area contributed by atoms with E-state index in [2.05, 4.69) is 5.32 Å². The van der Waals surface area contributed by atoms with E-state index in [9.17, 15) is 18.0 Å². The normalized spacial score (nSPS) is 14.9. The highest BCUT2D eigenvalue weighted by molar-refractivity contribution is 7.92. The molecular formula is C28H37Cl2N3O5S. The van der Waals surface area contributed by atoms with Gasteiger partial charge in [-0.15, -0.1) is 0 Å². The molecule has 1 aliphatic carbocycles. The first-order valence-electron chi connectivity index (χ1n) is 13.3. The molecule has 8 nitrogen and oxygen atoms in total. The number of benzene rings is 2. The summed E-state index contributed by atoms with van der Waals surface area (Å²) in [4.78, 5) is 28.7. The highest BCUT2D eigenvalue weighted by Crippen LogP contribution is 2.26. The Kier molecular flexibility index (Phi) is 11.3. The van der Waals surface area contributed by atoms with Gasteiger partial charge in [-0.3, -0.25) is 13.9 Å². The van der Waals surface area contributed by atoms with Crippen LogP contribution in [-0.4, -0.2) is 56.6 Å². The topological polar surface area (TPSA) is 96.0 Å². The van der Waals surface area contributed by atoms with E-state index < -0.39 is 28.5 Å². The molecule has 0 aliphatic heterocycles. The van der Waals surface area contributed by atoms with Crippen molar-refractivity contribution in [2.24, 2.45) is 0 Å². The van der Waals surface area contributed by atoms with Gasteiger partial charge in [-0.1, -0.05) is 55.5 Å². The van der Waals surface area contributed by atoms with E-state index in [1.54, 1.807) is 42.5 Å². The zero-order valence-electron chi connectivity index (χ0n) is 22.7. The smallest absolute Gasteiger partial charge is 0.244 e. The van der Waals surface area contributed by atoms with Gasteiger partial charge >= 0.3 is 0 Å². The minimum absolute atomic E-state index is 0.0201. The van der Waals surface area contributed by atoms with Crippen LogP contribution in [0.5, 0.6) is 5.75 Å². The van der Waals surface area contributed by atoms with Crippen molar-refractivity contribution in [2.45, 2.75) is 71.0 Å². The summed E-state index contributed by atoms with van der Waals surface area (Å²) in [5, 5.41) is 3.92. The second-order valence-corrected chi connectivity index (χ2v) is 12.5. The molecule has 2 amide bonds. The van der Waals surface area contributed by atoms with Crippen molar-refractivity contribution in [3.05, 3.63) is 58.1 Å². The third-order valence-electron chi connectivity index (χ3n) is 6.81. The van der Waals surface area contributed by atoms with Gasteiger partial charge in [-0.25, -0.2) is 8.42 Å². The Morgan fingerprint density at radius 3 is 2.28 bits per heavy atom. The van der Waals surface area contributed by atoms with Gasteiger partial charge in [-0.2, -0.15) is 0 Å². The summed E-state index contributed by atoms with van der Waals surface area (Å²) in [5.74, 6) is -0.189. The lowest BCUT2D eigenvalue weighted by molar-refractivity contribution is -0.140. The van der Waals surface area contributed by atoms with Crippen LogP contribution in [0.2, 0.25) is 10.0 Å². The van der Waals surface area contributed by atoms with Crippen LogP contribution in [0.1, 0.15) is 57.9 Å². The second kappa shape index (κ2) is 14.2. The number of hydrogen-bond acceptors (Lipinski definition) is 5. The number of nitrogens with zero attached hydrogens (tertiary/aromatic N) is 2. The molecule has 0 spiro atoms. The largest absolute Gasteiger partial charge is 0.494 e. The van der Waals surface area contributed by atoms with Crippen LogP contribution < -0.4 is 14.4 Å². The fourth-order valence-corrected chi connectivity index (χ4v) is 6.10. The van der Waals surface area contributed by atoms with E-state index in [0.717, 1.165) is 42.7 Å². The second-order valence-electron chi connectivity index (χ2n) is 9.72. The minimum atomic E-state index is -3.83. The molecule has 3 rings (SSSR count). The molecule has 1 N–H and O–H groups in total. The van der Waals surface area contributed by atoms with Crippen molar-refractivity contribution in [3.63, 3.8) is 0 Å². The molecule has 1 aliphatic rings. The molecule has 0 bridgehead atoms. The third-order valence-corrected chi connectivity index (χ3v) is 8.54. The summed E-state index contributed by atoms with van der Waals surface area (Å²) in [6.45, 7) is 3.69. The molecule has 11 heteroatoms. The van der Waals surface area contributed by atoms with Crippen LogP contribution in [0, 0.1) is 0 Å². The van der Waals surface area contributed by atoms with Gasteiger partial charge in [0, 0.05) is 22.6 Å². The van der Waals surface area contributed by atoms with Crippen LogP contribution in [0.3, 0.4) is 0 Å². The number of carbonyl (C=O) groups excluding carboxylic acids is 2. The van der Waals surface area contributed by atoms with Crippen LogP contribution >= 0.6 is 23.2 Å². The lowest BCUT2D eigenvalue weighted by atomic mass is 9.95. The Labute approximate surface area is 241 Å². The Bertz CT molecular complexity index is 1230. The van der Waals surface area contributed by atoms with Gasteiger partial charge in [0.1, 0.15) is 18.3 Å². The fraction of sp³-hybridized carbons (Fsp3) is 0.500. The zero-order valence-corrected chi connectivity index (χ0v) is 25.0. The van der Waals surface area contributed by atoms with E-state index in [4.69, 9.17) is 27.9 Å². The van der Waals surface area contributed by atoms with Gasteiger partial charge in [0.2, 0.25) is 21.8 Å². The molecule has 0 unspecified atom stereocenters. The number of rotatable bonds is 12. The van der Waals surface area contributed by atoms with Crippen LogP contribution in [0.4, 0.5) is 5.69 Å². The molecule has 0 radical (unpaired) electrons. The van der Waals surface area contributed by atoms with Crippen LogP contribution in [-0.2, 0) is 26.2 Å². The Balaban J connectivity index is 1.92. The Morgan fingerprint density at radius 1 is 1.05 bits per heavy atom. The number of hydrogen-bond donors (Lipinski definition) is 1. The summed E-state index contributed by atoms with van der Waals surface area (Å²) in [5.41, 5.74) is 0.920. The summed E-state index contributed by atoms with van der Waals surface area (Å²) in [7, 11) is -3.83. The number of amides is 2. The third kappa shape index (κ3) is 8.75. The minimum Gasteiger partial charge on any atom is -0.494 e. The molecular weight excluding hydrogens is 561 g/mol. The first kappa shape index (κ1) is 31.0. The maximum atomic E-state index is 13.9. The average molecular weight is 599 g/mol. The van der Waals surface area contributed by atoms with Crippen molar-refractivity contribution in [3.8, 4) is 5.75 Å². The van der Waals surface area contributed by atoms with Crippen molar-refractivity contribution in [2.75, 3.05) is 23.7 Å². The molecule has 1 saturated carbocycles. The summed E-state index contributed by atoms with van der Waals surface area (Å²) in [6, 6.07) is 10.7. The molecule has 0 aromatic heterocycles. The van der Waals surface area contributed by atoms with Gasteiger partial charge in [0.25, 0.3) is 0 Å². The van der Waals surface area contributed by atoms with Crippen LogP contribution in [0.25, 0.3) is 0 Å². The van der Waals surface area contributed by atoms with Crippen molar-refractivity contribution >= 4 is 50.7 Å². The molecule has 1 atom stereocenters. The molecule has 2 aromatic rings. The number of carbonyl (C=O) groups is 2. The van der Waals surface area contributed by atoms with E-state index in [0.29, 0.717) is 40.1 Å². The maximum Gasteiger partial charge on any atom is 0.244 e. The SMILES string of the molecule is CCOc1ccc(N(CC(=O)N(Cc2ccc(Cl)cc2Cl)[C@H](CC)C(=O)NC2CCCCC2)S(C)(=O)=O)cc1. The summed E-state index contributed by atoms with van der Waals surface area (Å²) >= 11 is 12.5. The molecule has 0 heterocycles. The highest BCUT2D eigenvalue weighted by Gasteiger charge is 2.33. The predicted molar refractivity (Wildman–Crippen MR) is 156 cm³/mol. The first-order valence-corrected chi connectivity index (χ1v) is 15.9. The van der Waals surface area contributed by atoms with E-state index >= 15 is 0 Å². The number of ether oxygens (including phenoxy) is 1. The van der Waals surface area contributed by atoms with E-state index in [-0.39, 0.29) is 18.5 Å². The van der Waals surface area contributed by atoms with Gasteiger partial charge in [-0.05, 0) is 68.1 Å². The van der Waals surface area contributed by atoms with Gasteiger partial charge in [0.15, 0.2) is 0 Å². The van der Waals surface area contributed by atoms with Crippen molar-refractivity contribution in [1.82, 2.24) is 10.2 Å². The van der Waals surface area contributed by atoms with E-state index in [1.165, 1.54) is 4.90 Å². The predicted octanol–water partition coefficient (Wildman–Crippen LogP) is 5.41. The first-order chi connectivity index (χ1) is 18.5. The van der Waals surface area contributed by atoms with E-state index in [1.807, 2.05) is 13.8 Å². The number of nitrogens with one attached hydrogen (secondary N) is 1. The number of halogens is 2. The maximum absolute atomic E-state index is 13.9. The fourth-order valence-electron chi connectivity index (χ4n) is 4.79. The summed E-state index contributed by atoms with van der Waals surface area (Å²) in [6.07, 6.45) is 6.45. The molecule has 39 heavy (non-hydrogen) atoms. The quantitative estimate of drug-likeness (QED) is 0.352. The zero-order chi connectivity index (χ0) is 28.6. The lowest BCUT2D eigenvalue weighted by Gasteiger charge is -2.34. The number of anilines is 1. The molecule has 214 valence electrons. The molecule has 1 fully saturated rings. The Morgan fingerprint density at radius 2 is 1.72 bits per heavy atom. The molecule has 2 aromatic carbocycles. The number of sulfonamides is 1. The van der Waals surface area contributed by atoms with Gasteiger partial charge in [0.05, 0.1) is 18.6 Å². The van der Waals surface area contributed by atoms with Crippen LogP contribution in [0.15, 0.2) is 42.5 Å².